The first kappa shape index (κ1) is 49.5. The fourth-order valence-electron chi connectivity index (χ4n) is 7.17. The molecule has 7 rings (SSSR count). The molecule has 0 aromatic heterocycles. The highest BCUT2D eigenvalue weighted by Crippen LogP contribution is 2.37. The van der Waals surface area contributed by atoms with Gasteiger partial charge >= 0.3 is 0 Å². The van der Waals surface area contributed by atoms with Crippen molar-refractivity contribution in [2.75, 3.05) is 33.0 Å². The van der Waals surface area contributed by atoms with Gasteiger partial charge in [-0.25, -0.2) is 0 Å². The molecule has 0 aliphatic carbocycles. The van der Waals surface area contributed by atoms with E-state index in [0.717, 1.165) is 117 Å². The summed E-state index contributed by atoms with van der Waals surface area (Å²) in [7, 11) is 0. The molecule has 0 N–H and O–H groups in total. The Balaban J connectivity index is 0.769. The summed E-state index contributed by atoms with van der Waals surface area (Å²) in [5, 5.41) is 18.1. The number of hydrogen-bond acceptors (Lipinski definition) is 10. The van der Waals surface area contributed by atoms with E-state index in [4.69, 9.17) is 34.2 Å². The number of hydrogen-bond donors (Lipinski definition) is 1. The lowest BCUT2D eigenvalue weighted by Crippen LogP contribution is -2.11. The van der Waals surface area contributed by atoms with Gasteiger partial charge in [-0.15, -0.1) is 36.2 Å². The minimum Gasteiger partial charge on any atom is -0.494 e. The SMILES string of the molecule is N#Cc1ccc(-c2ccc(OCCCCCCOc3ccc(SC(COc4ccc(S)cc4)Sc4ccc(OCCCCCCOc5ccc(-c6ccc(C#N)cc6)cc5)cc4)cc3)cc2)cc1. The summed E-state index contributed by atoms with van der Waals surface area (Å²) in [6.07, 6.45) is 8.28. The van der Waals surface area contributed by atoms with E-state index in [0.29, 0.717) is 44.2 Å². The van der Waals surface area contributed by atoms with Crippen LogP contribution in [0.3, 0.4) is 0 Å². The highest BCUT2D eigenvalue weighted by atomic mass is 32.2. The predicted molar refractivity (Wildman–Crippen MR) is 280 cm³/mol. The van der Waals surface area contributed by atoms with Gasteiger partial charge in [0.25, 0.3) is 0 Å². The molecule has 7 nitrogen and oxygen atoms in total. The molecular weight excluding hydrogens is 901 g/mol. The van der Waals surface area contributed by atoms with E-state index in [9.17, 15) is 0 Å². The Hall–Kier alpha value is -6.43. The van der Waals surface area contributed by atoms with E-state index >= 15 is 0 Å². The quantitative estimate of drug-likeness (QED) is 0.0234. The Bertz CT molecular complexity index is 2470. The summed E-state index contributed by atoms with van der Waals surface area (Å²) in [6, 6.07) is 60.3. The zero-order valence-electron chi connectivity index (χ0n) is 38.1. The van der Waals surface area contributed by atoms with E-state index in [1.807, 2.05) is 97.1 Å². The molecule has 7 aromatic carbocycles. The van der Waals surface area contributed by atoms with Crippen molar-refractivity contribution in [3.05, 3.63) is 181 Å². The van der Waals surface area contributed by atoms with Crippen LogP contribution in [-0.4, -0.2) is 37.6 Å². The number of thiol groups is 1. The molecule has 68 heavy (non-hydrogen) atoms. The number of thioether (sulfide) groups is 2. The van der Waals surface area contributed by atoms with Crippen LogP contribution < -0.4 is 23.7 Å². The fraction of sp³-hybridized carbons (Fsp3) is 0.241. The third-order valence-electron chi connectivity index (χ3n) is 11.0. The van der Waals surface area contributed by atoms with Crippen LogP contribution >= 0.6 is 36.2 Å². The van der Waals surface area contributed by atoms with Gasteiger partial charge < -0.3 is 23.7 Å². The van der Waals surface area contributed by atoms with Crippen molar-refractivity contribution >= 4 is 36.2 Å². The summed E-state index contributed by atoms with van der Waals surface area (Å²) in [5.74, 6) is 4.30. The van der Waals surface area contributed by atoms with Gasteiger partial charge in [-0.05, 0) is 195 Å². The van der Waals surface area contributed by atoms with E-state index in [2.05, 4.69) is 97.6 Å². The van der Waals surface area contributed by atoms with Gasteiger partial charge in [0.1, 0.15) is 35.4 Å². The number of benzene rings is 7. The van der Waals surface area contributed by atoms with Crippen LogP contribution in [-0.2, 0) is 0 Å². The Morgan fingerprint density at radius 3 is 0.956 bits per heavy atom. The molecule has 0 amide bonds. The number of nitrogens with zero attached hydrogens (tertiary/aromatic N) is 2. The Kier molecular flexibility index (Phi) is 19.9. The zero-order valence-corrected chi connectivity index (χ0v) is 40.7. The third kappa shape index (κ3) is 16.7. The molecular formula is C58H56N2O5S3. The summed E-state index contributed by atoms with van der Waals surface area (Å²) in [6.45, 7) is 3.24. The summed E-state index contributed by atoms with van der Waals surface area (Å²) >= 11 is 7.98. The molecule has 0 fully saturated rings. The highest BCUT2D eigenvalue weighted by molar-refractivity contribution is 8.17. The lowest BCUT2D eigenvalue weighted by molar-refractivity contribution is 0.287. The molecule has 0 atom stereocenters. The van der Waals surface area contributed by atoms with Gasteiger partial charge in [0.15, 0.2) is 0 Å². The number of ether oxygens (including phenoxy) is 5. The lowest BCUT2D eigenvalue weighted by Gasteiger charge is -2.18. The maximum Gasteiger partial charge on any atom is 0.119 e. The summed E-state index contributed by atoms with van der Waals surface area (Å²) in [4.78, 5) is 3.20. The maximum atomic E-state index is 9.03. The molecule has 0 saturated heterocycles. The molecule has 10 heteroatoms. The second kappa shape index (κ2) is 27.4. The fourth-order valence-corrected chi connectivity index (χ4v) is 9.64. The van der Waals surface area contributed by atoms with Crippen LogP contribution in [0, 0.1) is 22.7 Å². The first-order valence-electron chi connectivity index (χ1n) is 23.2. The number of unbranched alkanes of at least 4 members (excludes halogenated alkanes) is 6. The van der Waals surface area contributed by atoms with Gasteiger partial charge in [0, 0.05) is 14.7 Å². The van der Waals surface area contributed by atoms with Crippen LogP contribution in [0.2, 0.25) is 0 Å². The molecule has 0 spiro atoms. The van der Waals surface area contributed by atoms with Crippen LogP contribution in [0.25, 0.3) is 22.3 Å². The van der Waals surface area contributed by atoms with Crippen molar-refractivity contribution in [1.82, 2.24) is 0 Å². The summed E-state index contributed by atoms with van der Waals surface area (Å²) < 4.78 is 30.5. The topological polar surface area (TPSA) is 93.7 Å². The molecule has 346 valence electrons. The second-order valence-corrected chi connectivity index (χ2v) is 19.4. The molecule has 0 aliphatic rings. The van der Waals surface area contributed by atoms with Crippen molar-refractivity contribution in [1.29, 1.82) is 10.5 Å². The maximum absolute atomic E-state index is 9.03. The minimum absolute atomic E-state index is 0.0960. The largest absolute Gasteiger partial charge is 0.494 e. The van der Waals surface area contributed by atoms with Gasteiger partial charge in [0.05, 0.1) is 54.3 Å². The average molecular weight is 957 g/mol. The van der Waals surface area contributed by atoms with Crippen LogP contribution in [0.1, 0.15) is 62.5 Å². The number of rotatable bonds is 27. The molecule has 0 unspecified atom stereocenters. The van der Waals surface area contributed by atoms with Crippen molar-refractivity contribution < 1.29 is 23.7 Å². The standard InChI is InChI=1S/C58H56N2O5S3/c59-41-44-9-13-46(14-10-44)48-17-21-50(22-18-48)61-37-5-1-3-7-39-63-52-27-33-56(34-28-52)67-58(43-65-54-25-31-55(66)32-26-54)68-57-35-29-53(30-36-57)64-40-8-4-2-6-38-62-51-23-19-49(20-24-51)47-15-11-45(42-60)12-16-47/h9-36,58,66H,1-8,37-40,43H2. The smallest absolute Gasteiger partial charge is 0.119 e. The number of nitriles is 2. The zero-order chi connectivity index (χ0) is 47.0. The second-order valence-electron chi connectivity index (χ2n) is 16.1. The van der Waals surface area contributed by atoms with E-state index in [-0.39, 0.29) is 4.58 Å². The summed E-state index contributed by atoms with van der Waals surface area (Å²) in [5.41, 5.74) is 5.69. The molecule has 0 aliphatic heterocycles. The average Bonchev–Trinajstić information content (AvgIpc) is 3.39. The highest BCUT2D eigenvalue weighted by Gasteiger charge is 2.15. The van der Waals surface area contributed by atoms with Crippen molar-refractivity contribution in [3.63, 3.8) is 0 Å². The van der Waals surface area contributed by atoms with Crippen molar-refractivity contribution in [2.24, 2.45) is 0 Å². The van der Waals surface area contributed by atoms with Crippen LogP contribution in [0.4, 0.5) is 0 Å². The monoisotopic (exact) mass is 956 g/mol. The molecule has 0 radical (unpaired) electrons. The normalized spacial score (nSPS) is 10.8. The van der Waals surface area contributed by atoms with E-state index < -0.39 is 0 Å². The third-order valence-corrected chi connectivity index (χ3v) is 13.7. The Morgan fingerprint density at radius 2 is 0.632 bits per heavy atom. The Morgan fingerprint density at radius 1 is 0.353 bits per heavy atom. The minimum atomic E-state index is 0.0960. The molecule has 0 saturated carbocycles. The molecule has 0 bridgehead atoms. The van der Waals surface area contributed by atoms with Crippen LogP contribution in [0.5, 0.6) is 28.7 Å². The predicted octanol–water partition coefficient (Wildman–Crippen LogP) is 15.4. The molecule has 7 aromatic rings. The first-order chi connectivity index (χ1) is 33.5. The van der Waals surface area contributed by atoms with Crippen molar-refractivity contribution in [3.8, 4) is 63.1 Å². The molecule has 0 heterocycles. The lowest BCUT2D eigenvalue weighted by atomic mass is 10.0. The van der Waals surface area contributed by atoms with E-state index in [1.54, 1.807) is 23.5 Å². The van der Waals surface area contributed by atoms with Crippen LogP contribution in [0.15, 0.2) is 185 Å². The van der Waals surface area contributed by atoms with Gasteiger partial charge in [-0.1, -0.05) is 48.5 Å². The van der Waals surface area contributed by atoms with Crippen molar-refractivity contribution in [2.45, 2.75) is 70.6 Å². The Labute approximate surface area is 415 Å². The first-order valence-corrected chi connectivity index (χ1v) is 25.4. The van der Waals surface area contributed by atoms with E-state index in [1.165, 1.54) is 0 Å². The van der Waals surface area contributed by atoms with Gasteiger partial charge in [-0.2, -0.15) is 10.5 Å². The van der Waals surface area contributed by atoms with Gasteiger partial charge in [-0.3, -0.25) is 0 Å². The van der Waals surface area contributed by atoms with Gasteiger partial charge in [0.2, 0.25) is 0 Å².